The van der Waals surface area contributed by atoms with Crippen molar-refractivity contribution in [3.05, 3.63) is 23.0 Å². The Morgan fingerprint density at radius 2 is 2.21 bits per heavy atom. The second-order valence-electron chi connectivity index (χ2n) is 4.34. The maximum Gasteiger partial charge on any atom is 0.201 e. The van der Waals surface area contributed by atoms with Crippen molar-refractivity contribution in [3.8, 4) is 0 Å². The molecule has 2 rings (SSSR count). The van der Waals surface area contributed by atoms with E-state index in [0.29, 0.717) is 30.1 Å². The lowest BCUT2D eigenvalue weighted by Gasteiger charge is -2.07. The Hall–Kier alpha value is -1.33. The molecule has 0 spiro atoms. The van der Waals surface area contributed by atoms with E-state index in [9.17, 15) is 4.39 Å². The van der Waals surface area contributed by atoms with Crippen LogP contribution in [0.25, 0.3) is 11.0 Å². The number of hydrogen-bond acceptors (Lipinski definition) is 3. The Morgan fingerprint density at radius 1 is 1.42 bits per heavy atom. The molecule has 0 unspecified atom stereocenters. The van der Waals surface area contributed by atoms with Gasteiger partial charge in [0.1, 0.15) is 5.82 Å². The summed E-state index contributed by atoms with van der Waals surface area (Å²) in [7, 11) is 0. The monoisotopic (exact) mass is 285 g/mol. The number of benzene rings is 1. The predicted octanol–water partition coefficient (Wildman–Crippen LogP) is 3.23. The minimum atomic E-state index is -0.470. The minimum absolute atomic E-state index is 0.0522. The highest BCUT2D eigenvalue weighted by Gasteiger charge is 2.11. The van der Waals surface area contributed by atoms with Crippen LogP contribution in [0.1, 0.15) is 19.8 Å². The summed E-state index contributed by atoms with van der Waals surface area (Å²) in [5.41, 5.74) is 7.06. The van der Waals surface area contributed by atoms with E-state index in [4.69, 9.17) is 22.1 Å². The molecule has 0 aliphatic heterocycles. The Morgan fingerprint density at radius 3 is 2.95 bits per heavy atom. The van der Waals surface area contributed by atoms with Crippen molar-refractivity contribution in [1.29, 1.82) is 0 Å². The smallest absolute Gasteiger partial charge is 0.201 e. The van der Waals surface area contributed by atoms with Gasteiger partial charge in [0.15, 0.2) is 0 Å². The molecule has 4 nitrogen and oxygen atoms in total. The first-order valence-corrected chi connectivity index (χ1v) is 6.69. The van der Waals surface area contributed by atoms with E-state index >= 15 is 0 Å². The zero-order valence-corrected chi connectivity index (χ0v) is 11.6. The molecular weight excluding hydrogens is 269 g/mol. The van der Waals surface area contributed by atoms with Gasteiger partial charge in [0.2, 0.25) is 5.95 Å². The Bertz CT molecular complexity index is 571. The molecule has 0 radical (unpaired) electrons. The molecule has 0 aliphatic carbocycles. The van der Waals surface area contributed by atoms with Crippen molar-refractivity contribution in [1.82, 2.24) is 9.55 Å². The molecule has 0 fully saturated rings. The molecular formula is C13H17ClFN3O. The van der Waals surface area contributed by atoms with Gasteiger partial charge in [0, 0.05) is 19.2 Å². The Balaban J connectivity index is 2.13. The summed E-state index contributed by atoms with van der Waals surface area (Å²) in [4.78, 5) is 4.16. The molecule has 2 aromatic rings. The average Bonchev–Trinajstić information content (AvgIpc) is 2.66. The standard InChI is InChI=1S/C13H17ClFN3O/c1-2-3-5-19-6-4-18-12-8-10(15)9(14)7-11(12)17-13(18)16/h7-8H,2-6H2,1H3,(H2,16,17). The number of nitrogen functional groups attached to an aromatic ring is 1. The molecule has 0 saturated heterocycles. The topological polar surface area (TPSA) is 53.1 Å². The molecule has 1 heterocycles. The number of nitrogens with zero attached hydrogens (tertiary/aromatic N) is 2. The molecule has 0 atom stereocenters. The number of hydrogen-bond donors (Lipinski definition) is 1. The summed E-state index contributed by atoms with van der Waals surface area (Å²) in [6, 6.07) is 2.84. The summed E-state index contributed by atoms with van der Waals surface area (Å²) in [6.07, 6.45) is 2.13. The molecule has 0 bridgehead atoms. The Kier molecular flexibility index (Phi) is 4.61. The van der Waals surface area contributed by atoms with Crippen LogP contribution in [0.4, 0.5) is 10.3 Å². The van der Waals surface area contributed by atoms with E-state index in [1.165, 1.54) is 12.1 Å². The van der Waals surface area contributed by atoms with Crippen LogP contribution in [-0.2, 0) is 11.3 Å². The molecule has 0 amide bonds. The molecule has 0 saturated carbocycles. The van der Waals surface area contributed by atoms with Crippen molar-refractivity contribution in [2.75, 3.05) is 18.9 Å². The molecule has 0 aliphatic rings. The van der Waals surface area contributed by atoms with Crippen LogP contribution in [0.3, 0.4) is 0 Å². The number of imidazole rings is 1. The van der Waals surface area contributed by atoms with E-state index < -0.39 is 5.82 Å². The number of anilines is 1. The van der Waals surface area contributed by atoms with E-state index in [2.05, 4.69) is 11.9 Å². The zero-order chi connectivity index (χ0) is 13.8. The number of aromatic nitrogens is 2. The van der Waals surface area contributed by atoms with Gasteiger partial charge in [0.05, 0.1) is 22.7 Å². The molecule has 6 heteroatoms. The van der Waals surface area contributed by atoms with Gasteiger partial charge in [-0.05, 0) is 12.5 Å². The third kappa shape index (κ3) is 3.16. The fourth-order valence-electron chi connectivity index (χ4n) is 1.88. The van der Waals surface area contributed by atoms with Crippen molar-refractivity contribution in [2.24, 2.45) is 0 Å². The average molecular weight is 286 g/mol. The highest BCUT2D eigenvalue weighted by Crippen LogP contribution is 2.24. The van der Waals surface area contributed by atoms with Crippen molar-refractivity contribution in [3.63, 3.8) is 0 Å². The lowest BCUT2D eigenvalue weighted by molar-refractivity contribution is 0.124. The van der Waals surface area contributed by atoms with Gasteiger partial charge in [-0.2, -0.15) is 0 Å². The van der Waals surface area contributed by atoms with E-state index in [-0.39, 0.29) is 5.02 Å². The lowest BCUT2D eigenvalue weighted by Crippen LogP contribution is -2.09. The third-order valence-electron chi connectivity index (χ3n) is 2.92. The summed E-state index contributed by atoms with van der Waals surface area (Å²) < 4.78 is 20.7. The molecule has 104 valence electrons. The van der Waals surface area contributed by atoms with Gasteiger partial charge in [-0.15, -0.1) is 0 Å². The van der Waals surface area contributed by atoms with E-state index in [1.54, 1.807) is 4.57 Å². The van der Waals surface area contributed by atoms with Gasteiger partial charge < -0.3 is 15.0 Å². The van der Waals surface area contributed by atoms with Crippen molar-refractivity contribution >= 4 is 28.6 Å². The summed E-state index contributed by atoms with van der Waals surface area (Å²) >= 11 is 5.72. The van der Waals surface area contributed by atoms with Crippen molar-refractivity contribution in [2.45, 2.75) is 26.3 Å². The number of fused-ring (bicyclic) bond motifs is 1. The van der Waals surface area contributed by atoms with Crippen LogP contribution in [-0.4, -0.2) is 22.8 Å². The van der Waals surface area contributed by atoms with Gasteiger partial charge in [-0.3, -0.25) is 0 Å². The van der Waals surface area contributed by atoms with Crippen LogP contribution < -0.4 is 5.73 Å². The minimum Gasteiger partial charge on any atom is -0.380 e. The first-order valence-electron chi connectivity index (χ1n) is 6.32. The summed E-state index contributed by atoms with van der Waals surface area (Å²) in [5, 5.41) is 0.0522. The van der Waals surface area contributed by atoms with Crippen LogP contribution in [0.5, 0.6) is 0 Å². The highest BCUT2D eigenvalue weighted by molar-refractivity contribution is 6.31. The molecule has 2 N–H and O–H groups in total. The van der Waals surface area contributed by atoms with Gasteiger partial charge in [0.25, 0.3) is 0 Å². The maximum atomic E-state index is 13.5. The zero-order valence-electron chi connectivity index (χ0n) is 10.8. The number of ether oxygens (including phenoxy) is 1. The normalized spacial score (nSPS) is 11.3. The van der Waals surface area contributed by atoms with E-state index in [0.717, 1.165) is 19.4 Å². The van der Waals surface area contributed by atoms with E-state index in [1.807, 2.05) is 0 Å². The van der Waals surface area contributed by atoms with Crippen molar-refractivity contribution < 1.29 is 9.13 Å². The first kappa shape index (κ1) is 14.1. The SMILES string of the molecule is CCCCOCCn1c(N)nc2cc(Cl)c(F)cc21. The quantitative estimate of drug-likeness (QED) is 0.829. The van der Waals surface area contributed by atoms with Crippen LogP contribution in [0.2, 0.25) is 5.02 Å². The lowest BCUT2D eigenvalue weighted by atomic mass is 10.3. The number of rotatable bonds is 6. The Labute approximate surface area is 116 Å². The molecule has 1 aromatic heterocycles. The second-order valence-corrected chi connectivity index (χ2v) is 4.75. The summed E-state index contributed by atoms with van der Waals surface area (Å²) in [5.74, 6) is -0.127. The van der Waals surface area contributed by atoms with Gasteiger partial charge in [-0.1, -0.05) is 24.9 Å². The highest BCUT2D eigenvalue weighted by atomic mass is 35.5. The van der Waals surface area contributed by atoms with Crippen LogP contribution in [0, 0.1) is 5.82 Å². The molecule has 19 heavy (non-hydrogen) atoms. The second kappa shape index (κ2) is 6.21. The van der Waals surface area contributed by atoms with Crippen LogP contribution in [0.15, 0.2) is 12.1 Å². The third-order valence-corrected chi connectivity index (χ3v) is 3.21. The first-order chi connectivity index (χ1) is 9.13. The largest absolute Gasteiger partial charge is 0.380 e. The van der Waals surface area contributed by atoms with Crippen LogP contribution >= 0.6 is 11.6 Å². The number of nitrogens with two attached hydrogens (primary N) is 1. The predicted molar refractivity (Wildman–Crippen MR) is 74.8 cm³/mol. The fourth-order valence-corrected chi connectivity index (χ4v) is 2.04. The fraction of sp³-hybridized carbons (Fsp3) is 0.462. The maximum absolute atomic E-state index is 13.5. The number of unbranched alkanes of at least 4 members (excludes halogenated alkanes) is 1. The number of halogens is 2. The van der Waals surface area contributed by atoms with Gasteiger partial charge >= 0.3 is 0 Å². The summed E-state index contributed by atoms with van der Waals surface area (Å²) in [6.45, 7) is 3.91. The molecule has 1 aromatic carbocycles. The van der Waals surface area contributed by atoms with Gasteiger partial charge in [-0.25, -0.2) is 9.37 Å².